The third-order valence-electron chi connectivity index (χ3n) is 4.35. The minimum absolute atomic E-state index is 0.168. The molecule has 24 heavy (non-hydrogen) atoms. The molecule has 1 amide bonds. The molecule has 120 valence electrons. The molecule has 0 spiro atoms. The number of aromatic nitrogens is 2. The Morgan fingerprint density at radius 1 is 1.08 bits per heavy atom. The predicted octanol–water partition coefficient (Wildman–Crippen LogP) is 4.13. The van der Waals surface area contributed by atoms with Crippen molar-refractivity contribution in [2.75, 3.05) is 5.32 Å². The van der Waals surface area contributed by atoms with Crippen LogP contribution >= 0.6 is 0 Å². The van der Waals surface area contributed by atoms with Gasteiger partial charge in [-0.3, -0.25) is 9.89 Å². The Hall–Kier alpha value is -2.88. The summed E-state index contributed by atoms with van der Waals surface area (Å²) in [6.45, 7) is 0. The highest BCUT2D eigenvalue weighted by molar-refractivity contribution is 6.03. The number of nitrogens with one attached hydrogen (secondary N) is 2. The highest BCUT2D eigenvalue weighted by Gasteiger charge is 2.26. The molecule has 3 aromatic rings. The summed E-state index contributed by atoms with van der Waals surface area (Å²) in [6, 6.07) is 20.0. The van der Waals surface area contributed by atoms with Crippen molar-refractivity contribution in [1.82, 2.24) is 10.2 Å². The van der Waals surface area contributed by atoms with Crippen LogP contribution in [0.1, 0.15) is 46.1 Å². The Morgan fingerprint density at radius 2 is 1.83 bits per heavy atom. The van der Waals surface area contributed by atoms with Gasteiger partial charge in [-0.15, -0.1) is 0 Å². The fraction of sp³-hybridized carbons (Fsp3) is 0.200. The number of benzene rings is 2. The molecule has 1 aliphatic carbocycles. The van der Waals surface area contributed by atoms with E-state index in [1.54, 1.807) is 0 Å². The summed E-state index contributed by atoms with van der Waals surface area (Å²) in [4.78, 5) is 12.5. The van der Waals surface area contributed by atoms with Gasteiger partial charge in [-0.05, 0) is 42.5 Å². The molecular weight excluding hydrogens is 298 g/mol. The van der Waals surface area contributed by atoms with Gasteiger partial charge < -0.3 is 5.32 Å². The van der Waals surface area contributed by atoms with Gasteiger partial charge in [0.2, 0.25) is 0 Å². The SMILES string of the molecule is O=C(Nc1ccccc1Cc1ccccc1)c1cc(C2CC2)[nH]n1. The van der Waals surface area contributed by atoms with Gasteiger partial charge in [0.15, 0.2) is 5.69 Å². The number of hydrogen-bond donors (Lipinski definition) is 2. The predicted molar refractivity (Wildman–Crippen MR) is 94.2 cm³/mol. The number of nitrogens with zero attached hydrogens (tertiary/aromatic N) is 1. The van der Waals surface area contributed by atoms with Crippen molar-refractivity contribution < 1.29 is 4.79 Å². The van der Waals surface area contributed by atoms with Crippen molar-refractivity contribution >= 4 is 11.6 Å². The van der Waals surface area contributed by atoms with E-state index in [4.69, 9.17) is 0 Å². The van der Waals surface area contributed by atoms with Crippen molar-refractivity contribution in [2.45, 2.75) is 25.2 Å². The quantitative estimate of drug-likeness (QED) is 0.743. The van der Waals surface area contributed by atoms with E-state index >= 15 is 0 Å². The van der Waals surface area contributed by atoms with E-state index in [2.05, 4.69) is 27.6 Å². The maximum absolute atomic E-state index is 12.5. The van der Waals surface area contributed by atoms with Gasteiger partial charge in [0.1, 0.15) is 0 Å². The first-order valence-electron chi connectivity index (χ1n) is 8.28. The smallest absolute Gasteiger partial charge is 0.276 e. The van der Waals surface area contributed by atoms with Gasteiger partial charge in [-0.2, -0.15) is 5.10 Å². The van der Waals surface area contributed by atoms with Crippen LogP contribution in [0.2, 0.25) is 0 Å². The van der Waals surface area contributed by atoms with E-state index in [-0.39, 0.29) is 5.91 Å². The summed E-state index contributed by atoms with van der Waals surface area (Å²) < 4.78 is 0. The van der Waals surface area contributed by atoms with Crippen LogP contribution in [0.5, 0.6) is 0 Å². The maximum Gasteiger partial charge on any atom is 0.276 e. The average Bonchev–Trinajstić information content (AvgIpc) is 3.34. The van der Waals surface area contributed by atoms with Crippen molar-refractivity contribution in [2.24, 2.45) is 0 Å². The zero-order chi connectivity index (χ0) is 16.4. The molecule has 0 unspecified atom stereocenters. The molecule has 4 heteroatoms. The van der Waals surface area contributed by atoms with Crippen LogP contribution in [-0.4, -0.2) is 16.1 Å². The van der Waals surface area contributed by atoms with Gasteiger partial charge in [0.05, 0.1) is 0 Å². The first kappa shape index (κ1) is 14.7. The van der Waals surface area contributed by atoms with Crippen LogP contribution in [0.25, 0.3) is 0 Å². The van der Waals surface area contributed by atoms with E-state index in [1.807, 2.05) is 48.5 Å². The van der Waals surface area contributed by atoms with Crippen molar-refractivity contribution in [3.05, 3.63) is 83.2 Å². The number of amides is 1. The Kier molecular flexibility index (Phi) is 3.87. The first-order chi connectivity index (χ1) is 11.8. The number of rotatable bonds is 5. The highest BCUT2D eigenvalue weighted by Crippen LogP contribution is 2.39. The molecule has 1 aromatic heterocycles. The van der Waals surface area contributed by atoms with Crippen molar-refractivity contribution in [3.63, 3.8) is 0 Å². The number of aromatic amines is 1. The Morgan fingerprint density at radius 3 is 2.62 bits per heavy atom. The summed E-state index contributed by atoms with van der Waals surface area (Å²) in [5.74, 6) is 0.392. The normalized spacial score (nSPS) is 13.7. The third-order valence-corrected chi connectivity index (χ3v) is 4.35. The fourth-order valence-corrected chi connectivity index (χ4v) is 2.85. The van der Waals surface area contributed by atoms with E-state index in [9.17, 15) is 4.79 Å². The number of hydrogen-bond acceptors (Lipinski definition) is 2. The first-order valence-corrected chi connectivity index (χ1v) is 8.28. The van der Waals surface area contributed by atoms with Crippen LogP contribution in [0, 0.1) is 0 Å². The standard InChI is InChI=1S/C20H19N3O/c24-20(19-13-18(22-23-19)15-10-11-15)21-17-9-5-4-8-16(17)12-14-6-2-1-3-7-14/h1-9,13,15H,10-12H2,(H,21,24)(H,22,23). The van der Waals surface area contributed by atoms with Crippen LogP contribution in [0.3, 0.4) is 0 Å². The lowest BCUT2D eigenvalue weighted by atomic mass is 10.0. The molecule has 1 fully saturated rings. The molecule has 0 atom stereocenters. The summed E-state index contributed by atoms with van der Waals surface area (Å²) in [6.07, 6.45) is 3.15. The van der Waals surface area contributed by atoms with E-state index in [0.29, 0.717) is 11.6 Å². The zero-order valence-electron chi connectivity index (χ0n) is 13.3. The summed E-state index contributed by atoms with van der Waals surface area (Å²) in [5, 5.41) is 10.1. The second-order valence-electron chi connectivity index (χ2n) is 6.26. The minimum Gasteiger partial charge on any atom is -0.320 e. The number of H-pyrrole nitrogens is 1. The molecule has 0 aliphatic heterocycles. The summed E-state index contributed by atoms with van der Waals surface area (Å²) >= 11 is 0. The molecule has 1 heterocycles. The maximum atomic E-state index is 12.5. The summed E-state index contributed by atoms with van der Waals surface area (Å²) in [7, 11) is 0. The molecule has 2 aromatic carbocycles. The van der Waals surface area contributed by atoms with Gasteiger partial charge in [0.25, 0.3) is 5.91 Å². The lowest BCUT2D eigenvalue weighted by molar-refractivity contribution is 0.102. The van der Waals surface area contributed by atoms with Crippen LogP contribution in [0.15, 0.2) is 60.7 Å². The number of carbonyl (C=O) groups excluding carboxylic acids is 1. The van der Waals surface area contributed by atoms with Crippen LogP contribution in [-0.2, 0) is 6.42 Å². The molecule has 1 saturated carbocycles. The Labute approximate surface area is 140 Å². The molecule has 4 nitrogen and oxygen atoms in total. The topological polar surface area (TPSA) is 57.8 Å². The van der Waals surface area contributed by atoms with E-state index in [0.717, 1.165) is 23.4 Å². The number of carbonyl (C=O) groups is 1. The second-order valence-corrected chi connectivity index (χ2v) is 6.26. The lowest BCUT2D eigenvalue weighted by Gasteiger charge is -2.10. The lowest BCUT2D eigenvalue weighted by Crippen LogP contribution is -2.13. The van der Waals surface area contributed by atoms with Crippen LogP contribution < -0.4 is 5.32 Å². The molecule has 2 N–H and O–H groups in total. The zero-order valence-corrected chi connectivity index (χ0v) is 13.3. The number of anilines is 1. The Balaban J connectivity index is 1.52. The largest absolute Gasteiger partial charge is 0.320 e. The molecule has 1 aliphatic rings. The van der Waals surface area contributed by atoms with Crippen molar-refractivity contribution in [1.29, 1.82) is 0 Å². The van der Waals surface area contributed by atoms with Crippen LogP contribution in [0.4, 0.5) is 5.69 Å². The van der Waals surface area contributed by atoms with Gasteiger partial charge in [-0.1, -0.05) is 48.5 Å². The van der Waals surface area contributed by atoms with E-state index in [1.165, 1.54) is 18.4 Å². The second kappa shape index (κ2) is 6.32. The molecule has 0 bridgehead atoms. The fourth-order valence-electron chi connectivity index (χ4n) is 2.85. The molecular formula is C20H19N3O. The molecule has 4 rings (SSSR count). The minimum atomic E-state index is -0.168. The van der Waals surface area contributed by atoms with Gasteiger partial charge >= 0.3 is 0 Å². The number of para-hydroxylation sites is 1. The molecule has 0 saturated heterocycles. The van der Waals surface area contributed by atoms with Gasteiger partial charge in [0, 0.05) is 17.3 Å². The monoisotopic (exact) mass is 317 g/mol. The molecule has 0 radical (unpaired) electrons. The average molecular weight is 317 g/mol. The summed E-state index contributed by atoms with van der Waals surface area (Å²) in [5.41, 5.74) is 4.66. The van der Waals surface area contributed by atoms with E-state index < -0.39 is 0 Å². The third kappa shape index (κ3) is 3.23. The Bertz CT molecular complexity index is 850. The van der Waals surface area contributed by atoms with Crippen molar-refractivity contribution in [3.8, 4) is 0 Å². The highest BCUT2D eigenvalue weighted by atomic mass is 16.1. The van der Waals surface area contributed by atoms with Gasteiger partial charge in [-0.25, -0.2) is 0 Å².